The van der Waals surface area contributed by atoms with Crippen LogP contribution in [-0.4, -0.2) is 51.7 Å². The number of aryl methyl sites for hydroxylation is 1. The predicted octanol–water partition coefficient (Wildman–Crippen LogP) is 0.0557. The van der Waals surface area contributed by atoms with Crippen LogP contribution >= 0.6 is 0 Å². The number of hydrazine groups is 1. The Labute approximate surface area is 119 Å². The lowest BCUT2D eigenvalue weighted by atomic mass is 10.1. The number of nitrogens with two attached hydrogens (primary N) is 1. The van der Waals surface area contributed by atoms with E-state index in [-0.39, 0.29) is 12.1 Å². The molecule has 2 fully saturated rings. The number of ether oxygens (including phenoxy) is 1. The standard InChI is InChI=1S/C13H24N6O/c1-2-5-19-11(7-15-17-19)13(16-14)12-8-18-6-3-4-10(18)9-20-12/h7,10,12-13,16H,2-6,8-9,14H2,1H3. The summed E-state index contributed by atoms with van der Waals surface area (Å²) in [7, 11) is 0. The van der Waals surface area contributed by atoms with Gasteiger partial charge in [0, 0.05) is 19.1 Å². The number of hydrogen-bond donors (Lipinski definition) is 2. The summed E-state index contributed by atoms with van der Waals surface area (Å²) < 4.78 is 7.97. The predicted molar refractivity (Wildman–Crippen MR) is 74.7 cm³/mol. The zero-order chi connectivity index (χ0) is 13.9. The number of aromatic nitrogens is 3. The second kappa shape index (κ2) is 6.17. The molecule has 7 nitrogen and oxygen atoms in total. The summed E-state index contributed by atoms with van der Waals surface area (Å²) in [5, 5.41) is 8.16. The van der Waals surface area contributed by atoms with Gasteiger partial charge in [-0.1, -0.05) is 12.1 Å². The minimum absolute atomic E-state index is 0.0573. The Morgan fingerprint density at radius 2 is 2.50 bits per heavy atom. The first kappa shape index (κ1) is 13.9. The Kier molecular flexibility index (Phi) is 4.30. The maximum atomic E-state index is 6.05. The van der Waals surface area contributed by atoms with Crippen molar-refractivity contribution in [3.05, 3.63) is 11.9 Å². The Balaban J connectivity index is 1.74. The number of nitrogens with zero attached hydrogens (tertiary/aromatic N) is 4. The van der Waals surface area contributed by atoms with Crippen molar-refractivity contribution in [2.45, 2.75) is 50.9 Å². The summed E-state index contributed by atoms with van der Waals surface area (Å²) in [6.45, 7) is 5.89. The van der Waals surface area contributed by atoms with E-state index in [1.54, 1.807) is 6.20 Å². The van der Waals surface area contributed by atoms with Crippen LogP contribution in [-0.2, 0) is 11.3 Å². The lowest BCUT2D eigenvalue weighted by Gasteiger charge is -2.38. The normalized spacial score (nSPS) is 28.5. The van der Waals surface area contributed by atoms with E-state index in [1.807, 2.05) is 4.68 Å². The van der Waals surface area contributed by atoms with Gasteiger partial charge in [0.15, 0.2) is 0 Å². The summed E-state index contributed by atoms with van der Waals surface area (Å²) >= 11 is 0. The molecule has 0 spiro atoms. The van der Waals surface area contributed by atoms with Crippen LogP contribution in [0.5, 0.6) is 0 Å². The third-order valence-electron chi connectivity index (χ3n) is 4.37. The lowest BCUT2D eigenvalue weighted by Crippen LogP contribution is -2.52. The zero-order valence-corrected chi connectivity index (χ0v) is 12.0. The topological polar surface area (TPSA) is 81.2 Å². The molecule has 0 saturated carbocycles. The summed E-state index contributed by atoms with van der Waals surface area (Å²) in [5.41, 5.74) is 3.91. The number of hydrogen-bond acceptors (Lipinski definition) is 6. The minimum atomic E-state index is -0.0573. The molecule has 1 aromatic heterocycles. The maximum absolute atomic E-state index is 6.05. The third kappa shape index (κ3) is 2.58. The molecule has 2 saturated heterocycles. The quantitative estimate of drug-likeness (QED) is 0.586. The van der Waals surface area contributed by atoms with Crippen molar-refractivity contribution in [2.75, 3.05) is 19.7 Å². The van der Waals surface area contributed by atoms with Crippen molar-refractivity contribution in [2.24, 2.45) is 5.84 Å². The smallest absolute Gasteiger partial charge is 0.0925 e. The molecule has 0 aromatic carbocycles. The number of nitrogens with one attached hydrogen (secondary N) is 1. The molecule has 3 rings (SSSR count). The fourth-order valence-corrected chi connectivity index (χ4v) is 3.32. The van der Waals surface area contributed by atoms with Gasteiger partial charge in [-0.3, -0.25) is 10.7 Å². The van der Waals surface area contributed by atoms with E-state index in [0.717, 1.165) is 31.8 Å². The van der Waals surface area contributed by atoms with Crippen LogP contribution in [0.1, 0.15) is 37.9 Å². The Bertz CT molecular complexity index is 436. The Hall–Kier alpha value is -1.02. The van der Waals surface area contributed by atoms with Crippen LogP contribution < -0.4 is 11.3 Å². The van der Waals surface area contributed by atoms with Crippen molar-refractivity contribution >= 4 is 0 Å². The van der Waals surface area contributed by atoms with Crippen molar-refractivity contribution < 1.29 is 4.74 Å². The molecule has 112 valence electrons. The molecule has 7 heteroatoms. The zero-order valence-electron chi connectivity index (χ0n) is 12.0. The highest BCUT2D eigenvalue weighted by atomic mass is 16.5. The molecule has 0 bridgehead atoms. The SMILES string of the molecule is CCCn1nncc1C(NN)C1CN2CCCC2CO1. The molecule has 0 amide bonds. The largest absolute Gasteiger partial charge is 0.373 e. The molecular formula is C13H24N6O. The first-order valence-corrected chi connectivity index (χ1v) is 7.53. The second-order valence-electron chi connectivity index (χ2n) is 5.69. The van der Waals surface area contributed by atoms with Crippen molar-refractivity contribution in [1.82, 2.24) is 25.3 Å². The van der Waals surface area contributed by atoms with Gasteiger partial charge in [-0.25, -0.2) is 10.1 Å². The van der Waals surface area contributed by atoms with Gasteiger partial charge in [0.1, 0.15) is 0 Å². The molecule has 3 unspecified atom stereocenters. The van der Waals surface area contributed by atoms with E-state index < -0.39 is 0 Å². The van der Waals surface area contributed by atoms with E-state index >= 15 is 0 Å². The number of morpholine rings is 1. The summed E-state index contributed by atoms with van der Waals surface area (Å²) in [6.07, 6.45) is 5.40. The van der Waals surface area contributed by atoms with Crippen LogP contribution in [0.15, 0.2) is 6.20 Å². The van der Waals surface area contributed by atoms with E-state index in [0.29, 0.717) is 6.04 Å². The minimum Gasteiger partial charge on any atom is -0.373 e. The average Bonchev–Trinajstić information content (AvgIpc) is 3.09. The molecule has 3 N–H and O–H groups in total. The van der Waals surface area contributed by atoms with E-state index in [4.69, 9.17) is 10.6 Å². The molecule has 0 aliphatic carbocycles. The summed E-state index contributed by atoms with van der Waals surface area (Å²) in [6, 6.07) is 0.543. The highest BCUT2D eigenvalue weighted by molar-refractivity contribution is 5.06. The van der Waals surface area contributed by atoms with Gasteiger partial charge < -0.3 is 4.74 Å². The van der Waals surface area contributed by atoms with Crippen molar-refractivity contribution in [3.63, 3.8) is 0 Å². The molecule has 3 heterocycles. The monoisotopic (exact) mass is 280 g/mol. The Morgan fingerprint density at radius 1 is 1.60 bits per heavy atom. The maximum Gasteiger partial charge on any atom is 0.0925 e. The molecule has 0 radical (unpaired) electrons. The van der Waals surface area contributed by atoms with Crippen LogP contribution in [0, 0.1) is 0 Å². The van der Waals surface area contributed by atoms with E-state index in [1.165, 1.54) is 19.4 Å². The Morgan fingerprint density at radius 3 is 3.30 bits per heavy atom. The van der Waals surface area contributed by atoms with Crippen LogP contribution in [0.3, 0.4) is 0 Å². The first-order chi connectivity index (χ1) is 9.83. The van der Waals surface area contributed by atoms with Gasteiger partial charge in [-0.15, -0.1) is 5.10 Å². The van der Waals surface area contributed by atoms with E-state index in [2.05, 4.69) is 27.6 Å². The lowest BCUT2D eigenvalue weighted by molar-refractivity contribution is -0.0665. The third-order valence-corrected chi connectivity index (χ3v) is 4.37. The molecule has 20 heavy (non-hydrogen) atoms. The molecule has 2 aliphatic heterocycles. The molecule has 2 aliphatic rings. The van der Waals surface area contributed by atoms with Gasteiger partial charge in [-0.2, -0.15) is 0 Å². The van der Waals surface area contributed by atoms with Crippen molar-refractivity contribution in [1.29, 1.82) is 0 Å². The fourth-order valence-electron chi connectivity index (χ4n) is 3.32. The van der Waals surface area contributed by atoms with Gasteiger partial charge >= 0.3 is 0 Å². The number of rotatable bonds is 5. The van der Waals surface area contributed by atoms with Crippen LogP contribution in [0.4, 0.5) is 0 Å². The van der Waals surface area contributed by atoms with Crippen LogP contribution in [0.2, 0.25) is 0 Å². The van der Waals surface area contributed by atoms with Gasteiger partial charge in [-0.05, 0) is 25.8 Å². The second-order valence-corrected chi connectivity index (χ2v) is 5.69. The van der Waals surface area contributed by atoms with Gasteiger partial charge in [0.2, 0.25) is 0 Å². The molecular weight excluding hydrogens is 256 g/mol. The van der Waals surface area contributed by atoms with Crippen LogP contribution in [0.25, 0.3) is 0 Å². The highest BCUT2D eigenvalue weighted by Crippen LogP contribution is 2.28. The van der Waals surface area contributed by atoms with E-state index in [9.17, 15) is 0 Å². The van der Waals surface area contributed by atoms with Crippen molar-refractivity contribution in [3.8, 4) is 0 Å². The fraction of sp³-hybridized carbons (Fsp3) is 0.846. The number of fused-ring (bicyclic) bond motifs is 1. The van der Waals surface area contributed by atoms with Gasteiger partial charge in [0.05, 0.1) is 30.6 Å². The molecule has 3 atom stereocenters. The highest BCUT2D eigenvalue weighted by Gasteiger charge is 2.37. The summed E-state index contributed by atoms with van der Waals surface area (Å²) in [5.74, 6) is 5.78. The van der Waals surface area contributed by atoms with Gasteiger partial charge in [0.25, 0.3) is 0 Å². The average molecular weight is 280 g/mol. The molecule has 1 aromatic rings. The summed E-state index contributed by atoms with van der Waals surface area (Å²) in [4.78, 5) is 2.52. The first-order valence-electron chi connectivity index (χ1n) is 7.53.